The summed E-state index contributed by atoms with van der Waals surface area (Å²) in [4.78, 5) is 24.4. The van der Waals surface area contributed by atoms with Crippen molar-refractivity contribution in [1.82, 2.24) is 15.3 Å². The fourth-order valence-corrected chi connectivity index (χ4v) is 6.91. The molecule has 0 bridgehead atoms. The van der Waals surface area contributed by atoms with Crippen LogP contribution in [0.2, 0.25) is 0 Å². The van der Waals surface area contributed by atoms with Crippen LogP contribution in [0.25, 0.3) is 20.8 Å². The van der Waals surface area contributed by atoms with Crippen molar-refractivity contribution in [3.8, 4) is 10.6 Å². The van der Waals surface area contributed by atoms with E-state index in [2.05, 4.69) is 24.1 Å². The van der Waals surface area contributed by atoms with Crippen LogP contribution in [0.1, 0.15) is 54.8 Å². The largest absolute Gasteiger partial charge is 0.396 e. The van der Waals surface area contributed by atoms with E-state index in [1.54, 1.807) is 28.9 Å². The zero-order valence-corrected chi connectivity index (χ0v) is 20.0. The number of hydrogen-bond donors (Lipinski definition) is 2. The van der Waals surface area contributed by atoms with Gasteiger partial charge in [0, 0.05) is 47.5 Å². The van der Waals surface area contributed by atoms with E-state index in [1.165, 1.54) is 16.0 Å². The average molecular weight is 458 g/mol. The van der Waals surface area contributed by atoms with Crippen LogP contribution in [0.15, 0.2) is 18.5 Å². The number of ketones is 1. The monoisotopic (exact) mass is 457 g/mol. The van der Waals surface area contributed by atoms with Gasteiger partial charge in [-0.15, -0.1) is 22.7 Å². The number of thiophene rings is 1. The van der Waals surface area contributed by atoms with Gasteiger partial charge in [0.15, 0.2) is 0 Å². The third kappa shape index (κ3) is 5.40. The Morgan fingerprint density at radius 1 is 1.32 bits per heavy atom. The highest BCUT2D eigenvalue weighted by atomic mass is 32.1. The fourth-order valence-electron chi connectivity index (χ4n) is 4.46. The van der Waals surface area contributed by atoms with Gasteiger partial charge in [-0.1, -0.05) is 13.8 Å². The predicted molar refractivity (Wildman–Crippen MR) is 129 cm³/mol. The molecule has 1 aliphatic rings. The van der Waals surface area contributed by atoms with Crippen molar-refractivity contribution in [1.29, 1.82) is 0 Å². The molecule has 0 radical (unpaired) electrons. The normalized spacial score (nSPS) is 14.8. The van der Waals surface area contributed by atoms with E-state index in [0.717, 1.165) is 58.9 Å². The number of pyridine rings is 1. The molecule has 0 saturated heterocycles. The molecule has 7 heteroatoms. The van der Waals surface area contributed by atoms with Gasteiger partial charge in [-0.25, -0.2) is 4.98 Å². The molecule has 0 unspecified atom stereocenters. The van der Waals surface area contributed by atoms with Crippen LogP contribution in [0.5, 0.6) is 0 Å². The van der Waals surface area contributed by atoms with Crippen LogP contribution < -0.4 is 5.32 Å². The second kappa shape index (κ2) is 10.3. The Kier molecular flexibility index (Phi) is 7.48. The lowest BCUT2D eigenvalue weighted by Gasteiger charge is -2.15. The van der Waals surface area contributed by atoms with Crippen LogP contribution in [0.4, 0.5) is 0 Å². The van der Waals surface area contributed by atoms with Gasteiger partial charge in [-0.3, -0.25) is 9.78 Å². The van der Waals surface area contributed by atoms with Gasteiger partial charge in [-0.05, 0) is 55.7 Å². The molecule has 1 aliphatic heterocycles. The number of aliphatic hydroxyl groups is 1. The number of aromatic nitrogens is 2. The molecule has 0 amide bonds. The molecule has 4 rings (SSSR count). The lowest BCUT2D eigenvalue weighted by molar-refractivity contribution is -0.118. The molecule has 3 aromatic heterocycles. The molecule has 0 saturated carbocycles. The van der Waals surface area contributed by atoms with Gasteiger partial charge in [0.2, 0.25) is 0 Å². The maximum atomic E-state index is 12.9. The summed E-state index contributed by atoms with van der Waals surface area (Å²) in [7, 11) is 0. The molecular formula is C24H31N3O2S2. The summed E-state index contributed by atoms with van der Waals surface area (Å²) in [5.41, 5.74) is 3.49. The van der Waals surface area contributed by atoms with Crippen molar-refractivity contribution in [2.45, 2.75) is 58.9 Å². The molecule has 0 spiro atoms. The first-order valence-corrected chi connectivity index (χ1v) is 12.9. The van der Waals surface area contributed by atoms with E-state index in [0.29, 0.717) is 24.7 Å². The molecule has 0 aliphatic carbocycles. The summed E-state index contributed by atoms with van der Waals surface area (Å²) in [5, 5.41) is 14.1. The number of nitrogens with zero attached hydrogens (tertiary/aromatic N) is 2. The van der Waals surface area contributed by atoms with Crippen LogP contribution in [-0.4, -0.2) is 34.0 Å². The van der Waals surface area contributed by atoms with Crippen molar-refractivity contribution in [2.75, 3.05) is 13.2 Å². The summed E-state index contributed by atoms with van der Waals surface area (Å²) >= 11 is 3.47. The lowest BCUT2D eigenvalue weighted by atomic mass is 9.92. The highest BCUT2D eigenvalue weighted by molar-refractivity contribution is 7.22. The maximum absolute atomic E-state index is 12.9. The number of aliphatic hydroxyl groups excluding tert-OH is 1. The van der Waals surface area contributed by atoms with Crippen LogP contribution in [0.3, 0.4) is 0 Å². The molecule has 31 heavy (non-hydrogen) atoms. The molecule has 2 N–H and O–H groups in total. The second-order valence-electron chi connectivity index (χ2n) is 8.88. The lowest BCUT2D eigenvalue weighted by Crippen LogP contribution is -2.22. The van der Waals surface area contributed by atoms with Crippen LogP contribution in [0, 0.1) is 11.8 Å². The molecule has 5 nitrogen and oxygen atoms in total. The van der Waals surface area contributed by atoms with E-state index < -0.39 is 0 Å². The Hall–Kier alpha value is -1.67. The predicted octanol–water partition coefficient (Wildman–Crippen LogP) is 5.00. The van der Waals surface area contributed by atoms with Gasteiger partial charge in [0.1, 0.15) is 16.3 Å². The molecular weight excluding hydrogens is 426 g/mol. The van der Waals surface area contributed by atoms with Gasteiger partial charge < -0.3 is 10.4 Å². The third-order valence-electron chi connectivity index (χ3n) is 5.89. The summed E-state index contributed by atoms with van der Waals surface area (Å²) in [6.45, 7) is 6.42. The fraction of sp³-hybridized carbons (Fsp3) is 0.542. The minimum absolute atomic E-state index is 0.216. The molecule has 166 valence electrons. The first-order chi connectivity index (χ1) is 15.0. The molecule has 0 aromatic carbocycles. The minimum Gasteiger partial charge on any atom is -0.396 e. The smallest absolute Gasteiger partial charge is 0.138 e. The number of carbonyl (C=O) groups is 1. The first-order valence-electron chi connectivity index (χ1n) is 11.2. The van der Waals surface area contributed by atoms with Gasteiger partial charge in [0.05, 0.1) is 10.9 Å². The quantitative estimate of drug-likeness (QED) is 0.448. The summed E-state index contributed by atoms with van der Waals surface area (Å²) in [6.07, 6.45) is 8.46. The number of Topliss-reactive ketones (excluding diaryl/α,β-unsaturated/α-hetero) is 1. The Bertz CT molecular complexity index is 1010. The Morgan fingerprint density at radius 3 is 2.97 bits per heavy atom. The van der Waals surface area contributed by atoms with Crippen molar-refractivity contribution < 1.29 is 9.90 Å². The first kappa shape index (κ1) is 22.5. The van der Waals surface area contributed by atoms with E-state index in [1.807, 2.05) is 12.3 Å². The van der Waals surface area contributed by atoms with Crippen molar-refractivity contribution in [2.24, 2.45) is 11.8 Å². The van der Waals surface area contributed by atoms with E-state index in [4.69, 9.17) is 4.98 Å². The Morgan fingerprint density at radius 2 is 2.19 bits per heavy atom. The zero-order valence-electron chi connectivity index (χ0n) is 18.3. The number of hydrogen-bond acceptors (Lipinski definition) is 7. The van der Waals surface area contributed by atoms with E-state index >= 15 is 0 Å². The number of carbonyl (C=O) groups excluding carboxylic acids is 1. The SMILES string of the molecule is CC(C)C[C@H](CO)CCCC(=O)Cc1sc2c(c1-c1nc3cnccc3s1)CCNC2. The van der Waals surface area contributed by atoms with Gasteiger partial charge >= 0.3 is 0 Å². The molecule has 4 heterocycles. The standard InChI is InChI=1S/C24H31N3O2S2/c1-15(2)10-16(14-28)4-3-5-17(29)11-21-23(18-6-8-26-13-22(18)30-21)24-27-19-12-25-9-7-20(19)31-24/h7,9,12,15-16,26,28H,3-6,8,10-11,13-14H2,1-2H3/t16-/m1/s1. The highest BCUT2D eigenvalue weighted by Crippen LogP contribution is 2.41. The number of fused-ring (bicyclic) bond motifs is 2. The van der Waals surface area contributed by atoms with Crippen LogP contribution in [-0.2, 0) is 24.2 Å². The van der Waals surface area contributed by atoms with E-state index in [9.17, 15) is 9.90 Å². The summed E-state index contributed by atoms with van der Waals surface area (Å²) in [5.74, 6) is 1.17. The zero-order chi connectivity index (χ0) is 21.8. The number of thiazole rings is 1. The maximum Gasteiger partial charge on any atom is 0.138 e. The molecule has 1 atom stereocenters. The van der Waals surface area contributed by atoms with Crippen molar-refractivity contribution in [3.63, 3.8) is 0 Å². The minimum atomic E-state index is 0.216. The van der Waals surface area contributed by atoms with Gasteiger partial charge in [0.25, 0.3) is 0 Å². The summed E-state index contributed by atoms with van der Waals surface area (Å²) < 4.78 is 1.14. The second-order valence-corrected chi connectivity index (χ2v) is 11.1. The molecule has 0 fully saturated rings. The highest BCUT2D eigenvalue weighted by Gasteiger charge is 2.25. The number of rotatable bonds is 10. The van der Waals surface area contributed by atoms with Crippen molar-refractivity contribution >= 4 is 38.7 Å². The number of nitrogens with one attached hydrogen (secondary N) is 1. The average Bonchev–Trinajstić information content (AvgIpc) is 3.32. The third-order valence-corrected chi connectivity index (χ3v) is 8.18. The van der Waals surface area contributed by atoms with Gasteiger partial charge in [-0.2, -0.15) is 0 Å². The summed E-state index contributed by atoms with van der Waals surface area (Å²) in [6, 6.07) is 2.01. The molecule has 3 aromatic rings. The van der Waals surface area contributed by atoms with Crippen molar-refractivity contribution in [3.05, 3.63) is 33.8 Å². The van der Waals surface area contributed by atoms with E-state index in [-0.39, 0.29) is 12.4 Å². The Labute approximate surface area is 191 Å². The topological polar surface area (TPSA) is 75.1 Å². The Balaban J connectivity index is 1.50. The van der Waals surface area contributed by atoms with Crippen LogP contribution >= 0.6 is 22.7 Å².